The van der Waals surface area contributed by atoms with Gasteiger partial charge in [0.25, 0.3) is 5.91 Å². The summed E-state index contributed by atoms with van der Waals surface area (Å²) in [6, 6.07) is 7.33. The normalized spacial score (nSPS) is 10.1. The molecule has 0 spiro atoms. The summed E-state index contributed by atoms with van der Waals surface area (Å²) < 4.78 is 0. The van der Waals surface area contributed by atoms with E-state index in [2.05, 4.69) is 9.97 Å². The zero-order valence-corrected chi connectivity index (χ0v) is 11.6. The van der Waals surface area contributed by atoms with Gasteiger partial charge in [-0.2, -0.15) is 0 Å². The van der Waals surface area contributed by atoms with Gasteiger partial charge >= 0.3 is 5.97 Å². The fourth-order valence-electron chi connectivity index (χ4n) is 1.85. The Morgan fingerprint density at radius 3 is 2.33 bits per heavy atom. The number of hydrogen-bond donors (Lipinski definition) is 1. The molecule has 1 heterocycles. The summed E-state index contributed by atoms with van der Waals surface area (Å²) in [5.74, 6) is -1.27. The van der Waals surface area contributed by atoms with E-state index < -0.39 is 5.97 Å². The van der Waals surface area contributed by atoms with E-state index in [1.807, 2.05) is 19.1 Å². The van der Waals surface area contributed by atoms with Crippen LogP contribution in [0.5, 0.6) is 0 Å². The van der Waals surface area contributed by atoms with Crippen molar-refractivity contribution in [2.45, 2.75) is 13.3 Å². The van der Waals surface area contributed by atoms with Crippen molar-refractivity contribution in [3.8, 4) is 0 Å². The first-order valence-corrected chi connectivity index (χ1v) is 6.43. The number of carboxylic acid groups (broad SMARTS) is 1. The third-order valence-electron chi connectivity index (χ3n) is 2.95. The van der Waals surface area contributed by atoms with Gasteiger partial charge in [0.1, 0.15) is 6.33 Å². The lowest BCUT2D eigenvalue weighted by atomic mass is 10.2. The third kappa shape index (κ3) is 3.85. The number of carbonyl (C=O) groups is 2. The molecule has 2 rings (SSSR count). The van der Waals surface area contributed by atoms with Crippen molar-refractivity contribution in [2.24, 2.45) is 0 Å². The van der Waals surface area contributed by atoms with Gasteiger partial charge in [0, 0.05) is 24.6 Å². The number of aliphatic carboxylic acids is 1. The third-order valence-corrected chi connectivity index (χ3v) is 2.95. The molecule has 6 heteroatoms. The predicted molar refractivity (Wildman–Crippen MR) is 77.1 cm³/mol. The van der Waals surface area contributed by atoms with Crippen LogP contribution in [0.3, 0.4) is 0 Å². The number of anilines is 1. The summed E-state index contributed by atoms with van der Waals surface area (Å²) >= 11 is 0. The molecular weight excluding hydrogens is 270 g/mol. The molecule has 0 bridgehead atoms. The van der Waals surface area contributed by atoms with E-state index in [-0.39, 0.29) is 18.9 Å². The molecule has 0 radical (unpaired) electrons. The second-order valence-corrected chi connectivity index (χ2v) is 4.56. The lowest BCUT2D eigenvalue weighted by molar-refractivity contribution is -0.136. The van der Waals surface area contributed by atoms with Gasteiger partial charge in [-0.1, -0.05) is 17.7 Å². The molecule has 6 nitrogen and oxygen atoms in total. The van der Waals surface area contributed by atoms with E-state index >= 15 is 0 Å². The van der Waals surface area contributed by atoms with Crippen molar-refractivity contribution in [3.05, 3.63) is 54.1 Å². The number of carbonyl (C=O) groups excluding carboxylic acids is 1. The topological polar surface area (TPSA) is 83.4 Å². The molecule has 0 unspecified atom stereocenters. The SMILES string of the molecule is Cc1ccc(N(CCC(=O)O)C(=O)c2cncnc2)cc1. The number of rotatable bonds is 5. The molecule has 21 heavy (non-hydrogen) atoms. The highest BCUT2D eigenvalue weighted by Gasteiger charge is 2.19. The van der Waals surface area contributed by atoms with Gasteiger partial charge < -0.3 is 10.0 Å². The second kappa shape index (κ2) is 6.60. The molecule has 1 amide bonds. The highest BCUT2D eigenvalue weighted by Crippen LogP contribution is 2.18. The average Bonchev–Trinajstić information content (AvgIpc) is 2.49. The van der Waals surface area contributed by atoms with E-state index in [0.717, 1.165) is 5.56 Å². The Morgan fingerprint density at radius 1 is 1.14 bits per heavy atom. The monoisotopic (exact) mass is 285 g/mol. The second-order valence-electron chi connectivity index (χ2n) is 4.56. The Hall–Kier alpha value is -2.76. The molecule has 0 saturated carbocycles. The Morgan fingerprint density at radius 2 is 1.76 bits per heavy atom. The lowest BCUT2D eigenvalue weighted by Gasteiger charge is -2.22. The number of aryl methyl sites for hydroxylation is 1. The first-order valence-electron chi connectivity index (χ1n) is 6.43. The Kier molecular flexibility index (Phi) is 4.61. The van der Waals surface area contributed by atoms with E-state index in [1.54, 1.807) is 12.1 Å². The maximum Gasteiger partial charge on any atom is 0.305 e. The van der Waals surface area contributed by atoms with Crippen molar-refractivity contribution in [1.82, 2.24) is 9.97 Å². The van der Waals surface area contributed by atoms with Crippen LogP contribution >= 0.6 is 0 Å². The molecule has 0 aliphatic rings. The largest absolute Gasteiger partial charge is 0.481 e. The summed E-state index contributed by atoms with van der Waals surface area (Å²) in [5.41, 5.74) is 2.03. The molecular formula is C15H15N3O3. The van der Waals surface area contributed by atoms with Crippen molar-refractivity contribution < 1.29 is 14.7 Å². The van der Waals surface area contributed by atoms with E-state index in [9.17, 15) is 9.59 Å². The molecule has 1 N–H and O–H groups in total. The molecule has 108 valence electrons. The highest BCUT2D eigenvalue weighted by molar-refractivity contribution is 6.05. The minimum atomic E-state index is -0.954. The van der Waals surface area contributed by atoms with Crippen LogP contribution in [-0.4, -0.2) is 33.5 Å². The van der Waals surface area contributed by atoms with Crippen molar-refractivity contribution in [1.29, 1.82) is 0 Å². The maximum absolute atomic E-state index is 12.5. The van der Waals surface area contributed by atoms with Crippen LogP contribution < -0.4 is 4.90 Å². The zero-order chi connectivity index (χ0) is 15.2. The number of nitrogens with zero attached hydrogens (tertiary/aromatic N) is 3. The number of carboxylic acids is 1. The van der Waals surface area contributed by atoms with Gasteiger partial charge in [-0.3, -0.25) is 9.59 Å². The molecule has 0 saturated heterocycles. The Bertz CT molecular complexity index is 626. The first-order chi connectivity index (χ1) is 10.1. The van der Waals surface area contributed by atoms with Gasteiger partial charge in [0.15, 0.2) is 0 Å². The molecule has 1 aromatic carbocycles. The standard InChI is InChI=1S/C15H15N3O3/c1-11-2-4-13(5-3-11)18(7-6-14(19)20)15(21)12-8-16-10-17-9-12/h2-5,8-10H,6-7H2,1H3,(H,19,20). The van der Waals surface area contributed by atoms with E-state index in [0.29, 0.717) is 11.3 Å². The fraction of sp³-hybridized carbons (Fsp3) is 0.200. The summed E-state index contributed by atoms with van der Waals surface area (Å²) in [4.78, 5) is 32.3. The van der Waals surface area contributed by atoms with Gasteiger partial charge in [0.05, 0.1) is 12.0 Å². The highest BCUT2D eigenvalue weighted by atomic mass is 16.4. The number of hydrogen-bond acceptors (Lipinski definition) is 4. The summed E-state index contributed by atoms with van der Waals surface area (Å²) in [7, 11) is 0. The summed E-state index contributed by atoms with van der Waals surface area (Å²) in [6.45, 7) is 2.03. The summed E-state index contributed by atoms with van der Waals surface area (Å²) in [6.07, 6.45) is 4.03. The van der Waals surface area contributed by atoms with Gasteiger partial charge in [-0.05, 0) is 19.1 Å². The first kappa shape index (κ1) is 14.6. The van der Waals surface area contributed by atoms with Gasteiger partial charge in [-0.15, -0.1) is 0 Å². The quantitative estimate of drug-likeness (QED) is 0.907. The van der Waals surface area contributed by atoms with Gasteiger partial charge in [-0.25, -0.2) is 9.97 Å². The maximum atomic E-state index is 12.5. The zero-order valence-electron chi connectivity index (χ0n) is 11.6. The van der Waals surface area contributed by atoms with Crippen LogP contribution in [-0.2, 0) is 4.79 Å². The number of benzene rings is 1. The van der Waals surface area contributed by atoms with Crippen LogP contribution in [0.25, 0.3) is 0 Å². The Balaban J connectivity index is 2.29. The van der Waals surface area contributed by atoms with Crippen LogP contribution in [0.15, 0.2) is 43.0 Å². The van der Waals surface area contributed by atoms with Crippen LogP contribution in [0.4, 0.5) is 5.69 Å². The molecule has 2 aromatic rings. The lowest BCUT2D eigenvalue weighted by Crippen LogP contribution is -2.33. The van der Waals surface area contributed by atoms with E-state index in [1.165, 1.54) is 23.6 Å². The van der Waals surface area contributed by atoms with Crippen molar-refractivity contribution in [3.63, 3.8) is 0 Å². The molecule has 0 aliphatic heterocycles. The minimum Gasteiger partial charge on any atom is -0.481 e. The van der Waals surface area contributed by atoms with Crippen LogP contribution in [0.2, 0.25) is 0 Å². The van der Waals surface area contributed by atoms with Crippen molar-refractivity contribution >= 4 is 17.6 Å². The number of aromatic nitrogens is 2. The minimum absolute atomic E-state index is 0.0894. The predicted octanol–water partition coefficient (Wildman–Crippen LogP) is 1.91. The molecule has 0 fully saturated rings. The smallest absolute Gasteiger partial charge is 0.305 e. The fourth-order valence-corrected chi connectivity index (χ4v) is 1.85. The van der Waals surface area contributed by atoms with Crippen LogP contribution in [0, 0.1) is 6.92 Å². The van der Waals surface area contributed by atoms with Crippen LogP contribution in [0.1, 0.15) is 22.3 Å². The van der Waals surface area contributed by atoms with E-state index in [4.69, 9.17) is 5.11 Å². The molecule has 1 aromatic heterocycles. The molecule has 0 atom stereocenters. The Labute approximate surface area is 122 Å². The summed E-state index contributed by atoms with van der Waals surface area (Å²) in [5, 5.41) is 8.84. The van der Waals surface area contributed by atoms with Gasteiger partial charge in [0.2, 0.25) is 0 Å². The molecule has 0 aliphatic carbocycles. The van der Waals surface area contributed by atoms with Crippen molar-refractivity contribution in [2.75, 3.05) is 11.4 Å². The average molecular weight is 285 g/mol. The number of amides is 1.